The van der Waals surface area contributed by atoms with Crippen molar-refractivity contribution in [1.82, 2.24) is 5.32 Å². The average Bonchev–Trinajstić information content (AvgIpc) is 1.60. The van der Waals surface area contributed by atoms with Crippen molar-refractivity contribution in [2.75, 3.05) is 6.54 Å². The molecule has 0 aromatic rings. The highest BCUT2D eigenvalue weighted by Gasteiger charge is 2.23. The van der Waals surface area contributed by atoms with Crippen LogP contribution >= 0.6 is 0 Å². The van der Waals surface area contributed by atoms with E-state index in [1.807, 2.05) is 0 Å². The normalized spacial score (nSPS) is 28.8. The van der Waals surface area contributed by atoms with Crippen molar-refractivity contribution in [3.05, 3.63) is 12.7 Å². The number of nitrogens with one attached hydrogen (secondary N) is 1. The maximum Gasteiger partial charge on any atom is 0.0727 e. The Kier molecular flexibility index (Phi) is 2.25. The van der Waals surface area contributed by atoms with Gasteiger partial charge in [0.25, 0.3) is 0 Å². The number of aliphatic hydroxyl groups excluding tert-OH is 1. The van der Waals surface area contributed by atoms with Crippen LogP contribution in [0.4, 0.5) is 0 Å². The zero-order valence-electron chi connectivity index (χ0n) is 5.51. The first-order valence-electron chi connectivity index (χ1n) is 3.37. The summed E-state index contributed by atoms with van der Waals surface area (Å²) in [6, 6.07) is 0.336. The first kappa shape index (κ1) is 6.78. The minimum Gasteiger partial charge on any atom is -0.391 e. The Morgan fingerprint density at radius 1 is 1.89 bits per heavy atom. The van der Waals surface area contributed by atoms with Gasteiger partial charge in [-0.1, -0.05) is 6.08 Å². The van der Waals surface area contributed by atoms with Gasteiger partial charge in [-0.05, 0) is 19.4 Å². The van der Waals surface area contributed by atoms with Crippen LogP contribution in [0.25, 0.3) is 0 Å². The number of rotatable bonds is 3. The third kappa shape index (κ3) is 1.53. The molecule has 0 bridgehead atoms. The molecule has 1 fully saturated rings. The van der Waals surface area contributed by atoms with Crippen LogP contribution in [0.1, 0.15) is 12.8 Å². The predicted molar refractivity (Wildman–Crippen MR) is 37.2 cm³/mol. The summed E-state index contributed by atoms with van der Waals surface area (Å²) in [5.41, 5.74) is 0. The molecular weight excluding hydrogens is 114 g/mol. The standard InChI is InChI=1S/C7H13NO/c1-2-3-7(9)6-4-5-8-6/h2,6-9H,1,3-5H2. The monoisotopic (exact) mass is 127 g/mol. The van der Waals surface area contributed by atoms with Crippen molar-refractivity contribution in [2.45, 2.75) is 25.0 Å². The molecule has 2 heteroatoms. The molecular formula is C7H13NO. The van der Waals surface area contributed by atoms with E-state index in [0.717, 1.165) is 13.0 Å². The Labute approximate surface area is 55.6 Å². The SMILES string of the molecule is C=CCC(O)C1CCN1. The molecule has 0 aromatic carbocycles. The van der Waals surface area contributed by atoms with Crippen molar-refractivity contribution < 1.29 is 5.11 Å². The molecule has 1 rings (SSSR count). The van der Waals surface area contributed by atoms with Gasteiger partial charge in [-0.3, -0.25) is 0 Å². The van der Waals surface area contributed by atoms with Crippen molar-refractivity contribution in [2.24, 2.45) is 0 Å². The molecule has 1 aliphatic heterocycles. The number of hydrogen-bond acceptors (Lipinski definition) is 2. The quantitative estimate of drug-likeness (QED) is 0.534. The third-order valence-corrected chi connectivity index (χ3v) is 1.73. The second-order valence-electron chi connectivity index (χ2n) is 2.44. The molecule has 2 atom stereocenters. The third-order valence-electron chi connectivity index (χ3n) is 1.73. The molecule has 0 aliphatic carbocycles. The van der Waals surface area contributed by atoms with Crippen LogP contribution in [0.2, 0.25) is 0 Å². The van der Waals surface area contributed by atoms with Gasteiger partial charge < -0.3 is 10.4 Å². The lowest BCUT2D eigenvalue weighted by Crippen LogP contribution is -2.50. The summed E-state index contributed by atoms with van der Waals surface area (Å²) in [5.74, 6) is 0. The summed E-state index contributed by atoms with van der Waals surface area (Å²) >= 11 is 0. The summed E-state index contributed by atoms with van der Waals surface area (Å²) < 4.78 is 0. The van der Waals surface area contributed by atoms with Crippen molar-refractivity contribution in [3.63, 3.8) is 0 Å². The van der Waals surface area contributed by atoms with Crippen molar-refractivity contribution in [1.29, 1.82) is 0 Å². The molecule has 2 unspecified atom stereocenters. The molecule has 52 valence electrons. The van der Waals surface area contributed by atoms with E-state index in [-0.39, 0.29) is 6.10 Å². The molecule has 0 saturated carbocycles. The van der Waals surface area contributed by atoms with Gasteiger partial charge in [-0.2, -0.15) is 0 Å². The van der Waals surface area contributed by atoms with Crippen LogP contribution in [0, 0.1) is 0 Å². The second-order valence-corrected chi connectivity index (χ2v) is 2.44. The largest absolute Gasteiger partial charge is 0.391 e. The van der Waals surface area contributed by atoms with Gasteiger partial charge in [0.2, 0.25) is 0 Å². The van der Waals surface area contributed by atoms with Gasteiger partial charge in [0, 0.05) is 6.04 Å². The maximum atomic E-state index is 9.24. The van der Waals surface area contributed by atoms with E-state index in [4.69, 9.17) is 0 Å². The lowest BCUT2D eigenvalue weighted by molar-refractivity contribution is 0.0979. The van der Waals surface area contributed by atoms with E-state index in [1.54, 1.807) is 6.08 Å². The van der Waals surface area contributed by atoms with Crippen LogP contribution in [-0.2, 0) is 0 Å². The Bertz CT molecular complexity index is 99.1. The lowest BCUT2D eigenvalue weighted by Gasteiger charge is -2.31. The first-order valence-corrected chi connectivity index (χ1v) is 3.37. The van der Waals surface area contributed by atoms with Gasteiger partial charge in [0.05, 0.1) is 6.10 Å². The van der Waals surface area contributed by atoms with Gasteiger partial charge in [0.1, 0.15) is 0 Å². The zero-order valence-corrected chi connectivity index (χ0v) is 5.51. The van der Waals surface area contributed by atoms with Gasteiger partial charge in [-0.25, -0.2) is 0 Å². The summed E-state index contributed by atoms with van der Waals surface area (Å²) in [6.45, 7) is 4.61. The van der Waals surface area contributed by atoms with Crippen LogP contribution in [0.5, 0.6) is 0 Å². The Balaban J connectivity index is 2.15. The summed E-state index contributed by atoms with van der Waals surface area (Å²) in [7, 11) is 0. The van der Waals surface area contributed by atoms with Gasteiger partial charge in [-0.15, -0.1) is 6.58 Å². The van der Waals surface area contributed by atoms with Crippen LogP contribution in [0.3, 0.4) is 0 Å². The van der Waals surface area contributed by atoms with E-state index in [0.29, 0.717) is 12.5 Å². The van der Waals surface area contributed by atoms with E-state index in [2.05, 4.69) is 11.9 Å². The number of aliphatic hydroxyl groups is 1. The fourth-order valence-electron chi connectivity index (χ4n) is 0.974. The minimum atomic E-state index is -0.212. The topological polar surface area (TPSA) is 32.3 Å². The van der Waals surface area contributed by atoms with E-state index >= 15 is 0 Å². The zero-order chi connectivity index (χ0) is 6.69. The van der Waals surface area contributed by atoms with Gasteiger partial charge >= 0.3 is 0 Å². The molecule has 0 radical (unpaired) electrons. The molecule has 0 amide bonds. The Morgan fingerprint density at radius 2 is 2.56 bits per heavy atom. The minimum absolute atomic E-state index is 0.212. The molecule has 1 aliphatic rings. The van der Waals surface area contributed by atoms with E-state index < -0.39 is 0 Å². The molecule has 1 saturated heterocycles. The second kappa shape index (κ2) is 2.99. The highest BCUT2D eigenvalue weighted by atomic mass is 16.3. The maximum absolute atomic E-state index is 9.24. The first-order chi connectivity index (χ1) is 4.34. The molecule has 2 N–H and O–H groups in total. The highest BCUT2D eigenvalue weighted by molar-refractivity contribution is 4.87. The summed E-state index contributed by atoms with van der Waals surface area (Å²) in [6.07, 6.45) is 3.36. The fourth-order valence-corrected chi connectivity index (χ4v) is 0.974. The lowest BCUT2D eigenvalue weighted by atomic mass is 9.99. The van der Waals surface area contributed by atoms with E-state index in [1.165, 1.54) is 0 Å². The predicted octanol–water partition coefficient (Wildman–Crippen LogP) is 0.285. The number of hydrogen-bond donors (Lipinski definition) is 2. The Hall–Kier alpha value is -0.340. The van der Waals surface area contributed by atoms with Crippen LogP contribution in [0.15, 0.2) is 12.7 Å². The van der Waals surface area contributed by atoms with Crippen molar-refractivity contribution in [3.8, 4) is 0 Å². The van der Waals surface area contributed by atoms with Crippen LogP contribution < -0.4 is 5.32 Å². The molecule has 0 aromatic heterocycles. The molecule has 1 heterocycles. The van der Waals surface area contributed by atoms with Gasteiger partial charge in [0.15, 0.2) is 0 Å². The smallest absolute Gasteiger partial charge is 0.0727 e. The Morgan fingerprint density at radius 3 is 2.89 bits per heavy atom. The van der Waals surface area contributed by atoms with Crippen molar-refractivity contribution >= 4 is 0 Å². The summed E-state index contributed by atoms with van der Waals surface area (Å²) in [5, 5.41) is 12.4. The van der Waals surface area contributed by atoms with E-state index in [9.17, 15) is 5.11 Å². The molecule has 9 heavy (non-hydrogen) atoms. The molecule has 2 nitrogen and oxygen atoms in total. The fraction of sp³-hybridized carbons (Fsp3) is 0.714. The molecule has 0 spiro atoms. The average molecular weight is 127 g/mol. The highest BCUT2D eigenvalue weighted by Crippen LogP contribution is 2.09. The summed E-state index contributed by atoms with van der Waals surface area (Å²) in [4.78, 5) is 0. The van der Waals surface area contributed by atoms with Crippen LogP contribution in [-0.4, -0.2) is 23.8 Å².